The summed E-state index contributed by atoms with van der Waals surface area (Å²) in [6.07, 6.45) is 0. The number of carboxylic acid groups (broad SMARTS) is 1. The molecule has 6 nitrogen and oxygen atoms in total. The van der Waals surface area contributed by atoms with Crippen LogP contribution in [-0.4, -0.2) is 55.1 Å². The topological polar surface area (TPSA) is 63.9 Å². The van der Waals surface area contributed by atoms with Gasteiger partial charge in [0, 0.05) is 36.7 Å². The van der Waals surface area contributed by atoms with Crippen LogP contribution in [0, 0.1) is 6.92 Å². The van der Waals surface area contributed by atoms with Gasteiger partial charge in [0.05, 0.1) is 0 Å². The van der Waals surface area contributed by atoms with Crippen molar-refractivity contribution < 1.29 is 19.4 Å². The number of aromatic carboxylic acids is 1. The Balaban J connectivity index is 2.20. The Bertz CT molecular complexity index is 974. The molecule has 0 aliphatic carbocycles. The van der Waals surface area contributed by atoms with Gasteiger partial charge in [-0.2, -0.15) is 0 Å². The Labute approximate surface area is 164 Å². The van der Waals surface area contributed by atoms with E-state index in [0.717, 1.165) is 34.1 Å². The largest absolute Gasteiger partial charge is 0.477 e. The van der Waals surface area contributed by atoms with Gasteiger partial charge in [-0.25, -0.2) is 4.79 Å². The third kappa shape index (κ3) is 3.88. The predicted octanol–water partition coefficient (Wildman–Crippen LogP) is 3.86. The van der Waals surface area contributed by atoms with Crippen molar-refractivity contribution in [3.8, 4) is 16.9 Å². The summed E-state index contributed by atoms with van der Waals surface area (Å²) in [6, 6.07) is 13.4. The van der Waals surface area contributed by atoms with E-state index in [1.807, 2.05) is 68.1 Å². The third-order valence-corrected chi connectivity index (χ3v) is 4.76. The van der Waals surface area contributed by atoms with Gasteiger partial charge in [-0.1, -0.05) is 24.3 Å². The van der Waals surface area contributed by atoms with Crippen molar-refractivity contribution in [1.82, 2.24) is 9.47 Å². The van der Waals surface area contributed by atoms with E-state index >= 15 is 0 Å². The lowest BCUT2D eigenvalue weighted by Crippen LogP contribution is -2.20. The molecule has 0 saturated carbocycles. The van der Waals surface area contributed by atoms with Crippen LogP contribution in [0.25, 0.3) is 22.0 Å². The maximum absolute atomic E-state index is 12.3. The average Bonchev–Trinajstić information content (AvgIpc) is 3.01. The zero-order valence-electron chi connectivity index (χ0n) is 16.7. The van der Waals surface area contributed by atoms with Crippen molar-refractivity contribution in [3.05, 3.63) is 53.7 Å². The monoisotopic (exact) mass is 382 g/mol. The molecule has 2 aromatic carbocycles. The summed E-state index contributed by atoms with van der Waals surface area (Å²) in [4.78, 5) is 14.3. The number of hydrogen-bond donors (Lipinski definition) is 1. The Hall–Kier alpha value is -2.83. The first-order chi connectivity index (χ1) is 13.4. The molecule has 1 aromatic heterocycles. The van der Waals surface area contributed by atoms with Gasteiger partial charge < -0.3 is 24.0 Å². The van der Waals surface area contributed by atoms with Crippen LogP contribution in [0.4, 0.5) is 0 Å². The Kier molecular flexibility index (Phi) is 6.02. The van der Waals surface area contributed by atoms with E-state index in [1.54, 1.807) is 7.11 Å². The maximum Gasteiger partial charge on any atom is 0.353 e. The summed E-state index contributed by atoms with van der Waals surface area (Å²) in [6.45, 7) is 3.54. The zero-order valence-corrected chi connectivity index (χ0v) is 16.7. The SMILES string of the molecule is COCOc1ccc(-c2c(C(=O)O)n(CCN(C)C)c3cccc(C)c23)cc1. The van der Waals surface area contributed by atoms with Crippen molar-refractivity contribution in [2.75, 3.05) is 34.5 Å². The number of aryl methyl sites for hydroxylation is 1. The molecule has 1 N–H and O–H groups in total. The molecule has 0 atom stereocenters. The number of ether oxygens (including phenoxy) is 2. The van der Waals surface area contributed by atoms with Gasteiger partial charge in [0.2, 0.25) is 0 Å². The number of fused-ring (bicyclic) bond motifs is 1. The molecule has 0 aliphatic heterocycles. The number of carboxylic acids is 1. The van der Waals surface area contributed by atoms with Crippen molar-refractivity contribution in [1.29, 1.82) is 0 Å². The van der Waals surface area contributed by atoms with Crippen LogP contribution in [0.1, 0.15) is 16.1 Å². The van der Waals surface area contributed by atoms with Crippen molar-refractivity contribution in [2.24, 2.45) is 0 Å². The molecule has 0 bridgehead atoms. The minimum absolute atomic E-state index is 0.169. The first kappa shape index (κ1) is 19.9. The van der Waals surface area contributed by atoms with Gasteiger partial charge in [-0.05, 0) is 50.3 Å². The van der Waals surface area contributed by atoms with E-state index in [4.69, 9.17) is 9.47 Å². The second kappa shape index (κ2) is 8.46. The van der Waals surface area contributed by atoms with Gasteiger partial charge >= 0.3 is 5.97 Å². The molecule has 0 radical (unpaired) electrons. The standard InChI is InChI=1S/C22H26N2O4/c1-15-6-5-7-18-19(15)20(16-8-10-17(11-9-16)28-14-27-4)21(22(25)26)24(18)13-12-23(2)3/h5-11H,12-14H2,1-4H3,(H,25,26). The first-order valence-corrected chi connectivity index (χ1v) is 9.16. The van der Waals surface area contributed by atoms with E-state index in [1.165, 1.54) is 0 Å². The number of hydrogen-bond acceptors (Lipinski definition) is 4. The molecule has 1 heterocycles. The van der Waals surface area contributed by atoms with Gasteiger partial charge in [-0.15, -0.1) is 0 Å². The highest BCUT2D eigenvalue weighted by Gasteiger charge is 2.24. The Morgan fingerprint density at radius 3 is 2.46 bits per heavy atom. The zero-order chi connectivity index (χ0) is 20.3. The normalized spacial score (nSPS) is 11.3. The lowest BCUT2D eigenvalue weighted by Gasteiger charge is -2.13. The number of methoxy groups -OCH3 is 1. The molecule has 0 saturated heterocycles. The summed E-state index contributed by atoms with van der Waals surface area (Å²) in [5, 5.41) is 11.0. The van der Waals surface area contributed by atoms with E-state index in [2.05, 4.69) is 4.90 Å². The molecular weight excluding hydrogens is 356 g/mol. The second-order valence-electron chi connectivity index (χ2n) is 7.03. The van der Waals surface area contributed by atoms with Crippen molar-refractivity contribution in [2.45, 2.75) is 13.5 Å². The summed E-state index contributed by atoms with van der Waals surface area (Å²) in [7, 11) is 5.53. The Morgan fingerprint density at radius 1 is 1.14 bits per heavy atom. The maximum atomic E-state index is 12.3. The van der Waals surface area contributed by atoms with Crippen molar-refractivity contribution in [3.63, 3.8) is 0 Å². The summed E-state index contributed by atoms with van der Waals surface area (Å²) < 4.78 is 12.3. The van der Waals surface area contributed by atoms with Crippen molar-refractivity contribution >= 4 is 16.9 Å². The minimum Gasteiger partial charge on any atom is -0.477 e. The van der Waals surface area contributed by atoms with Gasteiger partial charge in [0.1, 0.15) is 11.4 Å². The van der Waals surface area contributed by atoms with Crippen LogP contribution in [0.2, 0.25) is 0 Å². The summed E-state index contributed by atoms with van der Waals surface area (Å²) in [5.41, 5.74) is 3.91. The number of likely N-dealkylation sites (N-methyl/N-ethyl adjacent to an activating group) is 1. The minimum atomic E-state index is -0.927. The number of benzene rings is 2. The summed E-state index contributed by atoms with van der Waals surface area (Å²) in [5.74, 6) is -0.250. The van der Waals surface area contributed by atoms with Crippen LogP contribution in [0.3, 0.4) is 0 Å². The van der Waals surface area contributed by atoms with Gasteiger partial charge in [0.25, 0.3) is 0 Å². The third-order valence-electron chi connectivity index (χ3n) is 4.76. The Morgan fingerprint density at radius 2 is 1.86 bits per heavy atom. The van der Waals surface area contributed by atoms with E-state index in [9.17, 15) is 9.90 Å². The molecular formula is C22H26N2O4. The van der Waals surface area contributed by atoms with Crippen LogP contribution < -0.4 is 4.74 Å². The molecule has 28 heavy (non-hydrogen) atoms. The predicted molar refractivity (Wildman–Crippen MR) is 110 cm³/mol. The average molecular weight is 382 g/mol. The lowest BCUT2D eigenvalue weighted by molar-refractivity contribution is 0.0511. The number of rotatable bonds is 8. The fourth-order valence-corrected chi connectivity index (χ4v) is 3.46. The summed E-state index contributed by atoms with van der Waals surface area (Å²) >= 11 is 0. The second-order valence-corrected chi connectivity index (χ2v) is 7.03. The quantitative estimate of drug-likeness (QED) is 0.600. The molecule has 3 aromatic rings. The number of carbonyl (C=O) groups is 1. The molecule has 148 valence electrons. The van der Waals surface area contributed by atoms with Crippen LogP contribution in [0.15, 0.2) is 42.5 Å². The van der Waals surface area contributed by atoms with E-state index in [0.29, 0.717) is 18.0 Å². The van der Waals surface area contributed by atoms with Crippen LogP contribution >= 0.6 is 0 Å². The van der Waals surface area contributed by atoms with E-state index in [-0.39, 0.29) is 6.79 Å². The molecule has 0 unspecified atom stereocenters. The highest BCUT2D eigenvalue weighted by Crippen LogP contribution is 2.37. The molecule has 0 spiro atoms. The lowest BCUT2D eigenvalue weighted by atomic mass is 9.99. The smallest absolute Gasteiger partial charge is 0.353 e. The fraction of sp³-hybridized carbons (Fsp3) is 0.318. The highest BCUT2D eigenvalue weighted by atomic mass is 16.7. The van der Waals surface area contributed by atoms with Crippen LogP contribution in [-0.2, 0) is 11.3 Å². The number of aromatic nitrogens is 1. The first-order valence-electron chi connectivity index (χ1n) is 9.16. The number of nitrogens with zero attached hydrogens (tertiary/aromatic N) is 2. The highest BCUT2D eigenvalue weighted by molar-refractivity contribution is 6.09. The molecule has 3 rings (SSSR count). The molecule has 0 fully saturated rings. The fourth-order valence-electron chi connectivity index (χ4n) is 3.46. The van der Waals surface area contributed by atoms with E-state index < -0.39 is 5.97 Å². The van der Waals surface area contributed by atoms with Gasteiger partial charge in [0.15, 0.2) is 6.79 Å². The molecule has 6 heteroatoms. The molecule has 0 amide bonds. The van der Waals surface area contributed by atoms with Crippen LogP contribution in [0.5, 0.6) is 5.75 Å². The molecule has 0 aliphatic rings. The van der Waals surface area contributed by atoms with Gasteiger partial charge in [-0.3, -0.25) is 0 Å².